The Bertz CT molecular complexity index is 523. The van der Waals surface area contributed by atoms with Crippen molar-refractivity contribution < 1.29 is 0 Å². The molecule has 1 aliphatic rings. The maximum Gasteiger partial charge on any atom is 0.201 e. The molecule has 1 fully saturated rings. The monoisotopic (exact) mass is 215 g/mol. The highest BCUT2D eigenvalue weighted by atomic mass is 15.2. The van der Waals surface area contributed by atoms with Gasteiger partial charge in [-0.2, -0.15) is 0 Å². The van der Waals surface area contributed by atoms with Crippen molar-refractivity contribution in [2.75, 3.05) is 5.73 Å². The predicted octanol–water partition coefficient (Wildman–Crippen LogP) is 2.73. The standard InChI is InChI=1S/C13H17N3/c1-9-4-2-7-11-12(9)15-13(14)16(11)8-10-5-3-6-10/h2,4,7,10H,3,5-6,8H2,1H3,(H2,14,15). The van der Waals surface area contributed by atoms with Crippen LogP contribution in [0.15, 0.2) is 18.2 Å². The lowest BCUT2D eigenvalue weighted by Gasteiger charge is -2.26. The molecule has 1 aromatic heterocycles. The number of hydrogen-bond acceptors (Lipinski definition) is 2. The molecular formula is C13H17N3. The number of para-hydroxylation sites is 1. The molecule has 0 spiro atoms. The molecule has 16 heavy (non-hydrogen) atoms. The van der Waals surface area contributed by atoms with Crippen molar-refractivity contribution in [3.8, 4) is 0 Å². The average molecular weight is 215 g/mol. The topological polar surface area (TPSA) is 43.8 Å². The Morgan fingerprint density at radius 2 is 2.25 bits per heavy atom. The van der Waals surface area contributed by atoms with Gasteiger partial charge in [-0.05, 0) is 37.3 Å². The SMILES string of the molecule is Cc1cccc2c1nc(N)n2CC1CCC1. The largest absolute Gasteiger partial charge is 0.369 e. The van der Waals surface area contributed by atoms with Crippen LogP contribution in [0.4, 0.5) is 5.95 Å². The van der Waals surface area contributed by atoms with Crippen LogP contribution in [0, 0.1) is 12.8 Å². The normalized spacial score (nSPS) is 16.6. The summed E-state index contributed by atoms with van der Waals surface area (Å²) in [6, 6.07) is 6.28. The summed E-state index contributed by atoms with van der Waals surface area (Å²) < 4.78 is 2.17. The van der Waals surface area contributed by atoms with Gasteiger partial charge in [0.2, 0.25) is 5.95 Å². The maximum atomic E-state index is 6.00. The van der Waals surface area contributed by atoms with Crippen LogP contribution in [0.25, 0.3) is 11.0 Å². The zero-order valence-corrected chi connectivity index (χ0v) is 9.61. The van der Waals surface area contributed by atoms with Crippen LogP contribution >= 0.6 is 0 Å². The van der Waals surface area contributed by atoms with Crippen LogP contribution in [0.1, 0.15) is 24.8 Å². The zero-order valence-electron chi connectivity index (χ0n) is 9.61. The summed E-state index contributed by atoms with van der Waals surface area (Å²) >= 11 is 0. The first kappa shape index (κ1) is 9.70. The van der Waals surface area contributed by atoms with Crippen molar-refractivity contribution in [3.63, 3.8) is 0 Å². The number of aromatic nitrogens is 2. The molecule has 2 N–H and O–H groups in total. The molecule has 0 amide bonds. The van der Waals surface area contributed by atoms with Crippen LogP contribution in [-0.2, 0) is 6.54 Å². The highest BCUT2D eigenvalue weighted by Crippen LogP contribution is 2.30. The van der Waals surface area contributed by atoms with Crippen LogP contribution in [0.3, 0.4) is 0 Å². The van der Waals surface area contributed by atoms with Gasteiger partial charge in [-0.25, -0.2) is 4.98 Å². The van der Waals surface area contributed by atoms with Crippen LogP contribution in [0.5, 0.6) is 0 Å². The summed E-state index contributed by atoms with van der Waals surface area (Å²) in [6.07, 6.45) is 4.05. The van der Waals surface area contributed by atoms with Gasteiger partial charge in [0.15, 0.2) is 0 Å². The van der Waals surface area contributed by atoms with E-state index < -0.39 is 0 Å². The molecule has 3 nitrogen and oxygen atoms in total. The van der Waals surface area contributed by atoms with E-state index in [0.29, 0.717) is 5.95 Å². The Balaban J connectivity index is 2.08. The number of nitrogens with two attached hydrogens (primary N) is 1. The van der Waals surface area contributed by atoms with Crippen LogP contribution in [0.2, 0.25) is 0 Å². The number of imidazole rings is 1. The predicted molar refractivity (Wildman–Crippen MR) is 66.2 cm³/mol. The quantitative estimate of drug-likeness (QED) is 0.837. The maximum absolute atomic E-state index is 6.00. The van der Waals surface area contributed by atoms with Gasteiger partial charge in [-0.3, -0.25) is 0 Å². The molecule has 0 aliphatic heterocycles. The number of hydrogen-bond donors (Lipinski definition) is 1. The lowest BCUT2D eigenvalue weighted by Crippen LogP contribution is -2.19. The number of aryl methyl sites for hydroxylation is 1. The van der Waals surface area contributed by atoms with Crippen molar-refractivity contribution >= 4 is 17.0 Å². The molecule has 0 bridgehead atoms. The first-order valence-corrected chi connectivity index (χ1v) is 5.97. The molecule has 0 saturated heterocycles. The second-order valence-corrected chi connectivity index (χ2v) is 4.82. The molecule has 1 saturated carbocycles. The summed E-state index contributed by atoms with van der Waals surface area (Å²) in [6.45, 7) is 3.12. The molecular weight excluding hydrogens is 198 g/mol. The summed E-state index contributed by atoms with van der Waals surface area (Å²) in [5, 5.41) is 0. The molecule has 1 aromatic carbocycles. The Morgan fingerprint density at radius 1 is 1.44 bits per heavy atom. The Kier molecular flexibility index (Phi) is 2.13. The van der Waals surface area contributed by atoms with E-state index in [1.807, 2.05) is 0 Å². The summed E-state index contributed by atoms with van der Waals surface area (Å²) in [7, 11) is 0. The number of nitrogens with zero attached hydrogens (tertiary/aromatic N) is 2. The van der Waals surface area contributed by atoms with E-state index in [-0.39, 0.29) is 0 Å². The van der Waals surface area contributed by atoms with Crippen molar-refractivity contribution in [2.24, 2.45) is 5.92 Å². The molecule has 0 atom stereocenters. The highest BCUT2D eigenvalue weighted by molar-refractivity contribution is 5.81. The second-order valence-electron chi connectivity index (χ2n) is 4.82. The lowest BCUT2D eigenvalue weighted by atomic mass is 9.85. The number of nitrogen functional groups attached to an aromatic ring is 1. The fourth-order valence-electron chi connectivity index (χ4n) is 2.43. The molecule has 3 rings (SSSR count). The van der Waals surface area contributed by atoms with E-state index in [1.165, 1.54) is 30.3 Å². The van der Waals surface area contributed by atoms with Gasteiger partial charge >= 0.3 is 0 Å². The number of anilines is 1. The smallest absolute Gasteiger partial charge is 0.201 e. The number of rotatable bonds is 2. The van der Waals surface area contributed by atoms with E-state index in [4.69, 9.17) is 5.73 Å². The van der Waals surface area contributed by atoms with Gasteiger partial charge in [-0.1, -0.05) is 18.6 Å². The Labute approximate surface area is 95.3 Å². The van der Waals surface area contributed by atoms with Gasteiger partial charge in [0.05, 0.1) is 11.0 Å². The minimum Gasteiger partial charge on any atom is -0.369 e. The van der Waals surface area contributed by atoms with Gasteiger partial charge in [0.25, 0.3) is 0 Å². The molecule has 84 valence electrons. The summed E-state index contributed by atoms with van der Waals surface area (Å²) in [4.78, 5) is 4.46. The molecule has 1 heterocycles. The lowest BCUT2D eigenvalue weighted by molar-refractivity contribution is 0.281. The minimum absolute atomic E-state index is 0.663. The third kappa shape index (κ3) is 1.39. The Morgan fingerprint density at radius 3 is 2.94 bits per heavy atom. The number of fused-ring (bicyclic) bond motifs is 1. The van der Waals surface area contributed by atoms with E-state index in [0.717, 1.165) is 18.0 Å². The van der Waals surface area contributed by atoms with Crippen LogP contribution in [-0.4, -0.2) is 9.55 Å². The van der Waals surface area contributed by atoms with Crippen molar-refractivity contribution in [2.45, 2.75) is 32.7 Å². The fourth-order valence-corrected chi connectivity index (χ4v) is 2.43. The van der Waals surface area contributed by atoms with Crippen molar-refractivity contribution in [3.05, 3.63) is 23.8 Å². The second kappa shape index (κ2) is 3.51. The molecule has 0 radical (unpaired) electrons. The van der Waals surface area contributed by atoms with E-state index in [9.17, 15) is 0 Å². The average Bonchev–Trinajstić information content (AvgIpc) is 2.51. The van der Waals surface area contributed by atoms with Crippen LogP contribution < -0.4 is 5.73 Å². The molecule has 1 aliphatic carbocycles. The molecule has 3 heteroatoms. The fraction of sp³-hybridized carbons (Fsp3) is 0.462. The van der Waals surface area contributed by atoms with Gasteiger partial charge in [0, 0.05) is 6.54 Å². The van der Waals surface area contributed by atoms with E-state index in [1.54, 1.807) is 0 Å². The third-order valence-electron chi connectivity index (χ3n) is 3.68. The zero-order chi connectivity index (χ0) is 11.1. The van der Waals surface area contributed by atoms with E-state index in [2.05, 4.69) is 34.7 Å². The number of benzene rings is 1. The molecule has 0 unspecified atom stereocenters. The van der Waals surface area contributed by atoms with E-state index >= 15 is 0 Å². The Hall–Kier alpha value is -1.51. The van der Waals surface area contributed by atoms with Gasteiger partial charge in [-0.15, -0.1) is 0 Å². The summed E-state index contributed by atoms with van der Waals surface area (Å²) in [5.74, 6) is 1.47. The first-order chi connectivity index (χ1) is 7.75. The van der Waals surface area contributed by atoms with Gasteiger partial charge in [0.1, 0.15) is 0 Å². The van der Waals surface area contributed by atoms with Crippen molar-refractivity contribution in [1.29, 1.82) is 0 Å². The minimum atomic E-state index is 0.663. The highest BCUT2D eigenvalue weighted by Gasteiger charge is 2.20. The summed E-state index contributed by atoms with van der Waals surface area (Å²) in [5.41, 5.74) is 9.45. The third-order valence-corrected chi connectivity index (χ3v) is 3.68. The van der Waals surface area contributed by atoms with Crippen molar-refractivity contribution in [1.82, 2.24) is 9.55 Å². The first-order valence-electron chi connectivity index (χ1n) is 5.97. The molecule has 2 aromatic rings. The van der Waals surface area contributed by atoms with Gasteiger partial charge < -0.3 is 10.3 Å².